The van der Waals surface area contributed by atoms with Crippen molar-refractivity contribution < 1.29 is 9.90 Å². The third-order valence-corrected chi connectivity index (χ3v) is 4.94. The zero-order valence-corrected chi connectivity index (χ0v) is 14.2. The Labute approximate surface area is 137 Å². The highest BCUT2D eigenvalue weighted by molar-refractivity contribution is 5.85. The van der Waals surface area contributed by atoms with Crippen LogP contribution >= 0.6 is 0 Å². The number of nitrogens with one attached hydrogen (secondary N) is 1. The van der Waals surface area contributed by atoms with Gasteiger partial charge in [-0.15, -0.1) is 0 Å². The number of carbonyl (C=O) groups excluding carboxylic acids is 1. The second-order valence-corrected chi connectivity index (χ2v) is 7.07. The fourth-order valence-corrected chi connectivity index (χ4v) is 3.27. The number of hydrogen-bond acceptors (Lipinski definition) is 5. The molecule has 1 aliphatic heterocycles. The van der Waals surface area contributed by atoms with Crippen molar-refractivity contribution in [2.75, 3.05) is 18.0 Å². The first-order chi connectivity index (χ1) is 10.9. The molecule has 1 aromatic rings. The molecule has 1 aromatic heterocycles. The third-order valence-electron chi connectivity index (χ3n) is 4.94. The lowest BCUT2D eigenvalue weighted by atomic mass is 9.97. The summed E-state index contributed by atoms with van der Waals surface area (Å²) >= 11 is 0. The van der Waals surface area contributed by atoms with Crippen molar-refractivity contribution in [3.8, 4) is 0 Å². The van der Waals surface area contributed by atoms with E-state index in [2.05, 4.69) is 20.2 Å². The number of aliphatic hydroxyl groups is 1. The summed E-state index contributed by atoms with van der Waals surface area (Å²) < 4.78 is 0. The van der Waals surface area contributed by atoms with E-state index in [4.69, 9.17) is 0 Å². The van der Waals surface area contributed by atoms with Gasteiger partial charge in [0.05, 0.1) is 0 Å². The van der Waals surface area contributed by atoms with Gasteiger partial charge in [0.1, 0.15) is 17.2 Å². The topological polar surface area (TPSA) is 78.4 Å². The van der Waals surface area contributed by atoms with Crippen molar-refractivity contribution in [2.45, 2.75) is 58.1 Å². The molecule has 0 radical (unpaired) electrons. The highest BCUT2D eigenvalue weighted by Crippen LogP contribution is 2.39. The number of hydrogen-bond donors (Lipinski definition) is 2. The molecule has 1 saturated carbocycles. The van der Waals surface area contributed by atoms with Crippen molar-refractivity contribution in [1.29, 1.82) is 0 Å². The van der Waals surface area contributed by atoms with E-state index in [-0.39, 0.29) is 17.9 Å². The van der Waals surface area contributed by atoms with Crippen LogP contribution in [0.15, 0.2) is 6.07 Å². The highest BCUT2D eigenvalue weighted by Gasteiger charge is 2.46. The molecule has 1 amide bonds. The van der Waals surface area contributed by atoms with Crippen LogP contribution in [0.2, 0.25) is 0 Å². The smallest absolute Gasteiger partial charge is 0.252 e. The Morgan fingerprint density at radius 1 is 1.26 bits per heavy atom. The summed E-state index contributed by atoms with van der Waals surface area (Å²) in [6, 6.07) is 2.14. The standard InChI is InChI=1S/C17H26N4O2/c1-11-10-15(19-12(2)18-11)21-8-6-14(7-9-21)20-16(22)17(3,23)13-4-5-13/h10,13-14,23H,4-9H2,1-3H3,(H,20,22). The Morgan fingerprint density at radius 3 is 2.48 bits per heavy atom. The maximum Gasteiger partial charge on any atom is 0.252 e. The zero-order chi connectivity index (χ0) is 16.6. The summed E-state index contributed by atoms with van der Waals surface area (Å²) in [5.74, 6) is 1.67. The monoisotopic (exact) mass is 318 g/mol. The number of aromatic nitrogens is 2. The second kappa shape index (κ2) is 6.07. The highest BCUT2D eigenvalue weighted by atomic mass is 16.3. The van der Waals surface area contributed by atoms with Crippen LogP contribution in [0.3, 0.4) is 0 Å². The molecule has 6 nitrogen and oxygen atoms in total. The number of nitrogens with zero attached hydrogens (tertiary/aromatic N) is 3. The minimum Gasteiger partial charge on any atom is -0.380 e. The van der Waals surface area contributed by atoms with Crippen LogP contribution in [0.4, 0.5) is 5.82 Å². The van der Waals surface area contributed by atoms with Crippen molar-refractivity contribution in [2.24, 2.45) is 5.92 Å². The summed E-state index contributed by atoms with van der Waals surface area (Å²) in [5, 5.41) is 13.3. The van der Waals surface area contributed by atoms with Crippen molar-refractivity contribution in [3.63, 3.8) is 0 Å². The molecule has 1 aliphatic carbocycles. The summed E-state index contributed by atoms with van der Waals surface area (Å²) in [4.78, 5) is 23.3. The number of rotatable bonds is 4. The van der Waals surface area contributed by atoms with Gasteiger partial charge >= 0.3 is 0 Å². The molecular weight excluding hydrogens is 292 g/mol. The quantitative estimate of drug-likeness (QED) is 0.876. The first-order valence-corrected chi connectivity index (χ1v) is 8.47. The maximum atomic E-state index is 12.3. The van der Waals surface area contributed by atoms with Gasteiger partial charge in [0.25, 0.3) is 5.91 Å². The van der Waals surface area contributed by atoms with Gasteiger partial charge in [-0.1, -0.05) is 0 Å². The first-order valence-electron chi connectivity index (χ1n) is 8.47. The van der Waals surface area contributed by atoms with Crippen LogP contribution in [0.1, 0.15) is 44.1 Å². The van der Waals surface area contributed by atoms with E-state index in [1.165, 1.54) is 0 Å². The zero-order valence-electron chi connectivity index (χ0n) is 14.2. The van der Waals surface area contributed by atoms with E-state index in [1.807, 2.05) is 19.9 Å². The van der Waals surface area contributed by atoms with Crippen molar-refractivity contribution >= 4 is 11.7 Å². The minimum absolute atomic E-state index is 0.132. The molecule has 2 N–H and O–H groups in total. The van der Waals surface area contributed by atoms with E-state index >= 15 is 0 Å². The molecule has 0 spiro atoms. The molecule has 0 bridgehead atoms. The molecule has 6 heteroatoms. The van der Waals surface area contributed by atoms with Crippen LogP contribution < -0.4 is 10.2 Å². The summed E-state index contributed by atoms with van der Waals surface area (Å²) in [7, 11) is 0. The molecule has 0 aromatic carbocycles. The lowest BCUT2D eigenvalue weighted by Gasteiger charge is -2.34. The summed E-state index contributed by atoms with van der Waals surface area (Å²) in [5.41, 5.74) is -0.235. The fraction of sp³-hybridized carbons (Fsp3) is 0.706. The lowest BCUT2D eigenvalue weighted by Crippen LogP contribution is -2.52. The van der Waals surface area contributed by atoms with E-state index in [0.717, 1.165) is 56.1 Å². The molecular formula is C17H26N4O2. The van der Waals surface area contributed by atoms with Gasteiger partial charge in [-0.05, 0) is 52.4 Å². The molecule has 2 heterocycles. The number of aryl methyl sites for hydroxylation is 2. The number of carbonyl (C=O) groups is 1. The normalized spacial score (nSPS) is 21.8. The predicted molar refractivity (Wildman–Crippen MR) is 88.2 cm³/mol. The van der Waals surface area contributed by atoms with Gasteiger partial charge < -0.3 is 15.3 Å². The van der Waals surface area contributed by atoms with Gasteiger partial charge in [0, 0.05) is 30.9 Å². The lowest BCUT2D eigenvalue weighted by molar-refractivity contribution is -0.141. The van der Waals surface area contributed by atoms with Crippen LogP contribution in [0, 0.1) is 19.8 Å². The van der Waals surface area contributed by atoms with E-state index in [1.54, 1.807) is 6.92 Å². The largest absolute Gasteiger partial charge is 0.380 e. The van der Waals surface area contributed by atoms with E-state index in [0.29, 0.717) is 0 Å². The summed E-state index contributed by atoms with van der Waals surface area (Å²) in [6.45, 7) is 7.23. The molecule has 1 unspecified atom stereocenters. The van der Waals surface area contributed by atoms with Crippen LogP contribution in [-0.4, -0.2) is 45.7 Å². The van der Waals surface area contributed by atoms with Crippen LogP contribution in [0.5, 0.6) is 0 Å². The number of piperidine rings is 1. The van der Waals surface area contributed by atoms with E-state index < -0.39 is 5.60 Å². The third kappa shape index (κ3) is 3.63. The molecule has 2 aliphatic rings. The van der Waals surface area contributed by atoms with E-state index in [9.17, 15) is 9.90 Å². The van der Waals surface area contributed by atoms with Crippen molar-refractivity contribution in [3.05, 3.63) is 17.6 Å². The Kier molecular flexibility index (Phi) is 4.27. The second-order valence-electron chi connectivity index (χ2n) is 7.07. The van der Waals surface area contributed by atoms with Crippen LogP contribution in [0.25, 0.3) is 0 Å². The average molecular weight is 318 g/mol. The van der Waals surface area contributed by atoms with Gasteiger partial charge in [0.15, 0.2) is 0 Å². The number of anilines is 1. The molecule has 1 saturated heterocycles. The Hall–Kier alpha value is -1.69. The van der Waals surface area contributed by atoms with Gasteiger partial charge in [-0.25, -0.2) is 9.97 Å². The maximum absolute atomic E-state index is 12.3. The van der Waals surface area contributed by atoms with Crippen molar-refractivity contribution in [1.82, 2.24) is 15.3 Å². The predicted octanol–water partition coefficient (Wildman–Crippen LogP) is 1.34. The van der Waals surface area contributed by atoms with Gasteiger partial charge in [-0.3, -0.25) is 4.79 Å². The molecule has 23 heavy (non-hydrogen) atoms. The SMILES string of the molecule is Cc1cc(N2CCC(NC(=O)C(C)(O)C3CC3)CC2)nc(C)n1. The van der Waals surface area contributed by atoms with Crippen LogP contribution in [-0.2, 0) is 4.79 Å². The Morgan fingerprint density at radius 2 is 1.91 bits per heavy atom. The molecule has 1 atom stereocenters. The summed E-state index contributed by atoms with van der Waals surface area (Å²) in [6.07, 6.45) is 3.64. The first kappa shape index (κ1) is 16.2. The van der Waals surface area contributed by atoms with Gasteiger partial charge in [0.2, 0.25) is 0 Å². The van der Waals surface area contributed by atoms with Gasteiger partial charge in [-0.2, -0.15) is 0 Å². The fourth-order valence-electron chi connectivity index (χ4n) is 3.27. The molecule has 3 rings (SSSR count). The molecule has 126 valence electrons. The Bertz CT molecular complexity index is 570. The Balaban J connectivity index is 1.55. The minimum atomic E-state index is -1.21. The number of amides is 1. The average Bonchev–Trinajstić information content (AvgIpc) is 3.32. The molecule has 2 fully saturated rings.